The molecule has 0 fully saturated rings. The molecule has 0 aliphatic carbocycles. The molecule has 0 spiro atoms. The number of benzene rings is 2. The third-order valence-corrected chi connectivity index (χ3v) is 4.80. The Morgan fingerprint density at radius 3 is 2.27 bits per heavy atom. The molecule has 0 aromatic heterocycles. The second-order valence-corrected chi connectivity index (χ2v) is 7.60. The van der Waals surface area contributed by atoms with Gasteiger partial charge in [0, 0.05) is 12.2 Å². The van der Waals surface area contributed by atoms with Crippen molar-refractivity contribution < 1.29 is 17.9 Å². The van der Waals surface area contributed by atoms with Gasteiger partial charge in [-0.25, -0.2) is 8.42 Å². The highest BCUT2D eigenvalue weighted by molar-refractivity contribution is 7.88. The van der Waals surface area contributed by atoms with Gasteiger partial charge in [-0.3, -0.25) is 4.79 Å². The number of carbonyl (C=O) groups is 1. The number of carbonyl (C=O) groups excluding carboxylic acids is 1. The molecule has 8 heteroatoms. The summed E-state index contributed by atoms with van der Waals surface area (Å²) >= 11 is 0. The van der Waals surface area contributed by atoms with E-state index in [-0.39, 0.29) is 13.1 Å². The van der Waals surface area contributed by atoms with Crippen LogP contribution in [0.2, 0.25) is 0 Å². The molecule has 26 heavy (non-hydrogen) atoms. The normalized spacial score (nSPS) is 11.0. The van der Waals surface area contributed by atoms with Gasteiger partial charge in [-0.15, -0.1) is 0 Å². The van der Waals surface area contributed by atoms with Crippen molar-refractivity contribution in [2.24, 2.45) is 0 Å². The lowest BCUT2D eigenvalue weighted by Gasteiger charge is -2.19. The summed E-state index contributed by atoms with van der Waals surface area (Å²) in [6.45, 7) is -0.242. The van der Waals surface area contributed by atoms with Crippen molar-refractivity contribution >= 4 is 21.6 Å². The highest BCUT2D eigenvalue weighted by Crippen LogP contribution is 2.15. The molecule has 0 saturated carbocycles. The molecule has 0 atom stereocenters. The first kappa shape index (κ1) is 19.4. The predicted molar refractivity (Wildman–Crippen MR) is 98.0 cm³/mol. The van der Waals surface area contributed by atoms with Crippen LogP contribution in [0, 0.1) is 11.3 Å². The first-order chi connectivity index (χ1) is 12.3. The summed E-state index contributed by atoms with van der Waals surface area (Å²) < 4.78 is 30.2. The number of nitrogens with one attached hydrogen (secondary N) is 1. The Bertz CT molecular complexity index is 901. The Hall–Kier alpha value is -2.89. The first-order valence-corrected chi connectivity index (χ1v) is 9.54. The zero-order valence-electron chi connectivity index (χ0n) is 14.5. The molecule has 0 heterocycles. The van der Waals surface area contributed by atoms with Gasteiger partial charge in [-0.05, 0) is 42.0 Å². The smallest absolute Gasteiger partial charge is 0.239 e. The van der Waals surface area contributed by atoms with E-state index in [1.54, 1.807) is 55.6 Å². The number of methoxy groups -OCH3 is 1. The van der Waals surface area contributed by atoms with Gasteiger partial charge < -0.3 is 10.1 Å². The summed E-state index contributed by atoms with van der Waals surface area (Å²) in [5.74, 6) is 0.201. The molecule has 2 aromatic carbocycles. The van der Waals surface area contributed by atoms with Gasteiger partial charge in [-0.1, -0.05) is 12.1 Å². The Kier molecular flexibility index (Phi) is 6.33. The van der Waals surface area contributed by atoms with Crippen molar-refractivity contribution in [3.8, 4) is 11.8 Å². The number of sulfonamides is 1. The van der Waals surface area contributed by atoms with Gasteiger partial charge in [-0.2, -0.15) is 9.57 Å². The minimum atomic E-state index is -3.58. The average Bonchev–Trinajstić information content (AvgIpc) is 2.61. The number of ether oxygens (including phenoxy) is 1. The van der Waals surface area contributed by atoms with Crippen LogP contribution in [0.3, 0.4) is 0 Å². The fourth-order valence-corrected chi connectivity index (χ4v) is 2.95. The van der Waals surface area contributed by atoms with E-state index in [1.807, 2.05) is 6.07 Å². The molecular weight excluding hydrogens is 354 g/mol. The number of rotatable bonds is 7. The molecule has 136 valence electrons. The van der Waals surface area contributed by atoms with Crippen molar-refractivity contribution in [3.63, 3.8) is 0 Å². The number of amides is 1. The van der Waals surface area contributed by atoms with Gasteiger partial charge in [0.1, 0.15) is 5.75 Å². The highest BCUT2D eigenvalue weighted by Gasteiger charge is 2.20. The van der Waals surface area contributed by atoms with Crippen molar-refractivity contribution in [1.82, 2.24) is 4.31 Å². The second kappa shape index (κ2) is 8.47. The summed E-state index contributed by atoms with van der Waals surface area (Å²) in [7, 11) is -2.03. The Labute approximate surface area is 152 Å². The van der Waals surface area contributed by atoms with E-state index >= 15 is 0 Å². The van der Waals surface area contributed by atoms with E-state index in [9.17, 15) is 13.2 Å². The molecule has 2 aromatic rings. The monoisotopic (exact) mass is 373 g/mol. The standard InChI is InChI=1S/C18H19N3O4S/c1-25-17-9-5-15(6-10-17)12-21(26(2,23)24)13-18(22)20-16-7-3-14(11-19)4-8-16/h3-10H,12-13H2,1-2H3,(H,20,22). The molecule has 2 rings (SSSR count). The van der Waals surface area contributed by atoms with Crippen LogP contribution < -0.4 is 10.1 Å². The molecule has 0 bridgehead atoms. The van der Waals surface area contributed by atoms with Crippen molar-refractivity contribution in [2.75, 3.05) is 25.2 Å². The maximum absolute atomic E-state index is 12.2. The summed E-state index contributed by atoms with van der Waals surface area (Å²) in [6, 6.07) is 15.3. The number of hydrogen-bond donors (Lipinski definition) is 1. The van der Waals surface area contributed by atoms with Crippen LogP contribution in [0.5, 0.6) is 5.75 Å². The molecule has 7 nitrogen and oxygen atoms in total. The largest absolute Gasteiger partial charge is 0.497 e. The highest BCUT2D eigenvalue weighted by atomic mass is 32.2. The number of nitrogens with zero attached hydrogens (tertiary/aromatic N) is 2. The summed E-state index contributed by atoms with van der Waals surface area (Å²) in [5, 5.41) is 11.4. The van der Waals surface area contributed by atoms with E-state index in [0.717, 1.165) is 16.1 Å². The number of nitriles is 1. The second-order valence-electron chi connectivity index (χ2n) is 5.62. The number of anilines is 1. The van der Waals surface area contributed by atoms with Gasteiger partial charge in [0.25, 0.3) is 0 Å². The van der Waals surface area contributed by atoms with Crippen LogP contribution in [-0.2, 0) is 21.4 Å². The quantitative estimate of drug-likeness (QED) is 0.800. The lowest BCUT2D eigenvalue weighted by molar-refractivity contribution is -0.116. The van der Waals surface area contributed by atoms with Gasteiger partial charge in [0.2, 0.25) is 15.9 Å². The van der Waals surface area contributed by atoms with Crippen LogP contribution in [0.1, 0.15) is 11.1 Å². The average molecular weight is 373 g/mol. The Morgan fingerprint density at radius 1 is 1.15 bits per heavy atom. The van der Waals surface area contributed by atoms with Crippen LogP contribution in [0.4, 0.5) is 5.69 Å². The SMILES string of the molecule is COc1ccc(CN(CC(=O)Nc2ccc(C#N)cc2)S(C)(=O)=O)cc1. The molecule has 0 aliphatic rings. The summed E-state index contributed by atoms with van der Waals surface area (Å²) in [6.07, 6.45) is 1.06. The third-order valence-electron chi connectivity index (χ3n) is 3.60. The molecule has 0 unspecified atom stereocenters. The van der Waals surface area contributed by atoms with Crippen LogP contribution >= 0.6 is 0 Å². The van der Waals surface area contributed by atoms with Crippen LogP contribution in [0.15, 0.2) is 48.5 Å². The Morgan fingerprint density at radius 2 is 1.77 bits per heavy atom. The van der Waals surface area contributed by atoms with Crippen LogP contribution in [-0.4, -0.2) is 38.5 Å². The first-order valence-electron chi connectivity index (χ1n) is 7.70. The number of hydrogen-bond acceptors (Lipinski definition) is 5. The Balaban J connectivity index is 2.06. The van der Waals surface area contributed by atoms with E-state index in [4.69, 9.17) is 10.00 Å². The lowest BCUT2D eigenvalue weighted by Crippen LogP contribution is -2.36. The fourth-order valence-electron chi connectivity index (χ4n) is 2.21. The van der Waals surface area contributed by atoms with E-state index in [1.165, 1.54) is 0 Å². The van der Waals surface area contributed by atoms with E-state index in [0.29, 0.717) is 17.0 Å². The molecule has 0 radical (unpaired) electrons. The minimum absolute atomic E-state index is 0.0730. The van der Waals surface area contributed by atoms with Gasteiger partial charge in [0.05, 0.1) is 31.5 Å². The maximum Gasteiger partial charge on any atom is 0.239 e. The van der Waals surface area contributed by atoms with Gasteiger partial charge >= 0.3 is 0 Å². The van der Waals surface area contributed by atoms with E-state index in [2.05, 4.69) is 5.32 Å². The molecular formula is C18H19N3O4S. The maximum atomic E-state index is 12.2. The minimum Gasteiger partial charge on any atom is -0.497 e. The van der Waals surface area contributed by atoms with Crippen LogP contribution in [0.25, 0.3) is 0 Å². The zero-order valence-corrected chi connectivity index (χ0v) is 15.3. The summed E-state index contributed by atoms with van der Waals surface area (Å²) in [5.41, 5.74) is 1.70. The summed E-state index contributed by atoms with van der Waals surface area (Å²) in [4.78, 5) is 12.2. The van der Waals surface area contributed by atoms with Crippen molar-refractivity contribution in [3.05, 3.63) is 59.7 Å². The van der Waals surface area contributed by atoms with E-state index < -0.39 is 15.9 Å². The molecule has 1 N–H and O–H groups in total. The predicted octanol–water partition coefficient (Wildman–Crippen LogP) is 1.97. The lowest BCUT2D eigenvalue weighted by atomic mass is 10.2. The topological polar surface area (TPSA) is 99.5 Å². The van der Waals surface area contributed by atoms with Crippen molar-refractivity contribution in [2.45, 2.75) is 6.54 Å². The zero-order chi connectivity index (χ0) is 19.2. The van der Waals surface area contributed by atoms with Crippen molar-refractivity contribution in [1.29, 1.82) is 5.26 Å². The third kappa shape index (κ3) is 5.58. The molecule has 0 aliphatic heterocycles. The molecule has 1 amide bonds. The molecule has 0 saturated heterocycles. The fraction of sp³-hybridized carbons (Fsp3) is 0.222. The van der Waals surface area contributed by atoms with Gasteiger partial charge in [0.15, 0.2) is 0 Å².